The summed E-state index contributed by atoms with van der Waals surface area (Å²) in [7, 11) is 1.64. The van der Waals surface area contributed by atoms with Gasteiger partial charge in [-0.1, -0.05) is 84.9 Å². The lowest BCUT2D eigenvalue weighted by Gasteiger charge is -2.37. The summed E-state index contributed by atoms with van der Waals surface area (Å²) in [5.41, 5.74) is 9.23. The summed E-state index contributed by atoms with van der Waals surface area (Å²) < 4.78 is 18.6. The molecule has 0 aromatic heterocycles. The van der Waals surface area contributed by atoms with Crippen LogP contribution in [0.4, 0.5) is 4.39 Å². The molecule has 0 aliphatic heterocycles. The molecule has 0 heterocycles. The molecular weight excluding hydrogens is 545 g/mol. The minimum atomic E-state index is -1.11. The van der Waals surface area contributed by atoms with Crippen LogP contribution in [0.2, 0.25) is 0 Å². The molecule has 0 radical (unpaired) electrons. The van der Waals surface area contributed by atoms with Crippen LogP contribution in [0.15, 0.2) is 109 Å². The topological polar surface area (TPSA) is 114 Å². The number of carbonyl (C=O) groups excluding carboxylic acids is 1. The highest BCUT2D eigenvalue weighted by atomic mass is 19.1. The maximum absolute atomic E-state index is 13.2. The Balaban J connectivity index is 1.44. The maximum Gasteiger partial charge on any atom is 0.326 e. The first kappa shape index (κ1) is 31.4. The summed E-state index contributed by atoms with van der Waals surface area (Å²) in [5, 5.41) is 16.1. The van der Waals surface area contributed by atoms with Gasteiger partial charge in [-0.25, -0.2) is 9.18 Å². The number of carboxylic acids is 1. The van der Waals surface area contributed by atoms with E-state index in [1.165, 1.54) is 12.1 Å². The molecule has 0 saturated heterocycles. The van der Waals surface area contributed by atoms with Gasteiger partial charge in [0, 0.05) is 0 Å². The minimum absolute atomic E-state index is 0.175. The van der Waals surface area contributed by atoms with Gasteiger partial charge >= 0.3 is 5.97 Å². The quantitative estimate of drug-likeness (QED) is 0.115. The van der Waals surface area contributed by atoms with Crippen LogP contribution < -0.4 is 21.1 Å². The number of aliphatic carboxylic acids is 1. The zero-order valence-corrected chi connectivity index (χ0v) is 24.2. The summed E-state index contributed by atoms with van der Waals surface area (Å²) in [6.45, 7) is 0.584. The number of carboxylic acid groups (broad SMARTS) is 1. The molecule has 4 aromatic rings. The predicted molar refractivity (Wildman–Crippen MR) is 165 cm³/mol. The number of rotatable bonds is 15. The van der Waals surface area contributed by atoms with Gasteiger partial charge in [-0.05, 0) is 78.7 Å². The fourth-order valence-electron chi connectivity index (χ4n) is 5.28. The van der Waals surface area contributed by atoms with Crippen LogP contribution in [0.25, 0.3) is 0 Å². The van der Waals surface area contributed by atoms with Crippen LogP contribution in [0.1, 0.15) is 41.5 Å². The molecule has 43 heavy (non-hydrogen) atoms. The van der Waals surface area contributed by atoms with Crippen molar-refractivity contribution in [3.63, 3.8) is 0 Å². The van der Waals surface area contributed by atoms with Crippen LogP contribution in [0.5, 0.6) is 5.75 Å². The summed E-state index contributed by atoms with van der Waals surface area (Å²) in [4.78, 5) is 24.6. The number of amides is 1. The van der Waals surface area contributed by atoms with Crippen LogP contribution in [0, 0.1) is 5.82 Å². The lowest BCUT2D eigenvalue weighted by Crippen LogP contribution is -2.49. The Labute approximate surface area is 251 Å². The fraction of sp³-hybridized carbons (Fsp3) is 0.257. The van der Waals surface area contributed by atoms with E-state index in [1.54, 1.807) is 19.2 Å². The first-order chi connectivity index (χ1) is 20.8. The molecule has 0 saturated carbocycles. The van der Waals surface area contributed by atoms with E-state index in [9.17, 15) is 19.1 Å². The van der Waals surface area contributed by atoms with Gasteiger partial charge in [0.25, 0.3) is 0 Å². The van der Waals surface area contributed by atoms with E-state index in [4.69, 9.17) is 10.5 Å². The van der Waals surface area contributed by atoms with Crippen LogP contribution in [0.3, 0.4) is 0 Å². The second-order valence-electron chi connectivity index (χ2n) is 10.5. The van der Waals surface area contributed by atoms with Crippen molar-refractivity contribution in [3.05, 3.63) is 137 Å². The SMILES string of the molecule is COc1ccc(C(NCCCCC(NC(=O)C(N)Cc2ccc(F)cc2)C(=O)O)(c2ccccc2)c2ccccc2)cc1. The maximum atomic E-state index is 13.2. The number of hydrogen-bond donors (Lipinski definition) is 4. The molecule has 2 unspecified atom stereocenters. The zero-order valence-electron chi connectivity index (χ0n) is 24.2. The first-order valence-corrected chi connectivity index (χ1v) is 14.4. The Kier molecular flexibility index (Phi) is 11.0. The molecule has 8 heteroatoms. The third kappa shape index (κ3) is 8.06. The molecule has 5 N–H and O–H groups in total. The Morgan fingerprint density at radius 3 is 1.93 bits per heavy atom. The van der Waals surface area contributed by atoms with Gasteiger partial charge in [-0.3, -0.25) is 10.1 Å². The normalized spacial score (nSPS) is 12.7. The third-order valence-corrected chi connectivity index (χ3v) is 7.57. The largest absolute Gasteiger partial charge is 0.497 e. The van der Waals surface area contributed by atoms with Gasteiger partial charge in [0.05, 0.1) is 18.7 Å². The number of nitrogens with one attached hydrogen (secondary N) is 2. The van der Waals surface area contributed by atoms with Crippen molar-refractivity contribution >= 4 is 11.9 Å². The summed E-state index contributed by atoms with van der Waals surface area (Å²) in [6, 6.07) is 32.1. The van der Waals surface area contributed by atoms with Crippen LogP contribution in [-0.2, 0) is 21.5 Å². The first-order valence-electron chi connectivity index (χ1n) is 14.4. The molecule has 224 valence electrons. The van der Waals surface area contributed by atoms with Gasteiger partial charge in [-0.2, -0.15) is 0 Å². The summed E-state index contributed by atoms with van der Waals surface area (Å²) in [5.74, 6) is -1.29. The van der Waals surface area contributed by atoms with Crippen molar-refractivity contribution in [3.8, 4) is 5.75 Å². The number of hydrogen-bond acceptors (Lipinski definition) is 5. The monoisotopic (exact) mass is 583 g/mol. The van der Waals surface area contributed by atoms with Gasteiger partial charge in [0.15, 0.2) is 0 Å². The smallest absolute Gasteiger partial charge is 0.326 e. The molecule has 0 bridgehead atoms. The van der Waals surface area contributed by atoms with Crippen molar-refractivity contribution in [1.29, 1.82) is 0 Å². The Hall–Kier alpha value is -4.53. The fourth-order valence-corrected chi connectivity index (χ4v) is 5.28. The number of benzene rings is 4. The van der Waals surface area contributed by atoms with Crippen LogP contribution >= 0.6 is 0 Å². The molecular formula is C35H38FN3O4. The number of nitrogens with two attached hydrogens (primary N) is 1. The number of halogens is 1. The molecule has 0 fully saturated rings. The molecule has 1 amide bonds. The highest BCUT2D eigenvalue weighted by molar-refractivity contribution is 5.87. The van der Waals surface area contributed by atoms with Gasteiger partial charge in [-0.15, -0.1) is 0 Å². The van der Waals surface area contributed by atoms with E-state index < -0.39 is 29.5 Å². The molecule has 7 nitrogen and oxygen atoms in total. The van der Waals surface area contributed by atoms with E-state index in [0.717, 1.165) is 22.4 Å². The van der Waals surface area contributed by atoms with Crippen molar-refractivity contribution < 1.29 is 23.8 Å². The lowest BCUT2D eigenvalue weighted by atomic mass is 9.77. The average Bonchev–Trinajstić information content (AvgIpc) is 3.04. The molecule has 4 rings (SSSR count). The van der Waals surface area contributed by atoms with E-state index in [-0.39, 0.29) is 18.7 Å². The number of ether oxygens (including phenoxy) is 1. The number of carbonyl (C=O) groups is 2. The van der Waals surface area contributed by atoms with Gasteiger partial charge < -0.3 is 20.9 Å². The Bertz CT molecular complexity index is 1410. The summed E-state index contributed by atoms with van der Waals surface area (Å²) in [6.07, 6.45) is 1.64. The highest BCUT2D eigenvalue weighted by Gasteiger charge is 2.35. The second-order valence-corrected chi connectivity index (χ2v) is 10.5. The zero-order chi connectivity index (χ0) is 30.7. The van der Waals surface area contributed by atoms with Crippen molar-refractivity contribution in [2.24, 2.45) is 5.73 Å². The van der Waals surface area contributed by atoms with E-state index >= 15 is 0 Å². The summed E-state index contributed by atoms with van der Waals surface area (Å²) >= 11 is 0. The highest BCUT2D eigenvalue weighted by Crippen LogP contribution is 2.37. The van der Waals surface area contributed by atoms with E-state index in [0.29, 0.717) is 24.9 Å². The van der Waals surface area contributed by atoms with Crippen molar-refractivity contribution in [1.82, 2.24) is 10.6 Å². The molecule has 4 aromatic carbocycles. The standard InChI is InChI=1S/C35H38FN3O4/c1-43-30-21-17-28(18-22-30)35(26-10-4-2-5-11-26,27-12-6-3-7-13-27)38-23-9-8-14-32(34(41)42)39-33(40)31(37)24-25-15-19-29(36)20-16-25/h2-7,10-13,15-22,31-32,38H,8-9,14,23-24,37H2,1H3,(H,39,40)(H,41,42). The number of methoxy groups -OCH3 is 1. The molecule has 0 aliphatic carbocycles. The van der Waals surface area contributed by atoms with Crippen LogP contribution in [-0.4, -0.2) is 42.7 Å². The van der Waals surface area contributed by atoms with Gasteiger partial charge in [0.1, 0.15) is 17.6 Å². The van der Waals surface area contributed by atoms with Gasteiger partial charge in [0.2, 0.25) is 5.91 Å². The molecule has 0 aliphatic rings. The molecule has 0 spiro atoms. The van der Waals surface area contributed by atoms with Crippen molar-refractivity contribution in [2.75, 3.05) is 13.7 Å². The Morgan fingerprint density at radius 1 is 0.837 bits per heavy atom. The average molecular weight is 584 g/mol. The Morgan fingerprint density at radius 2 is 1.40 bits per heavy atom. The second kappa shape index (κ2) is 15.1. The minimum Gasteiger partial charge on any atom is -0.497 e. The third-order valence-electron chi connectivity index (χ3n) is 7.57. The molecule has 2 atom stereocenters. The van der Waals surface area contributed by atoms with E-state index in [1.807, 2.05) is 48.5 Å². The number of unbranched alkanes of at least 4 members (excludes halogenated alkanes) is 1. The lowest BCUT2D eigenvalue weighted by molar-refractivity contribution is -0.142. The predicted octanol–water partition coefficient (Wildman–Crippen LogP) is 5.03. The van der Waals surface area contributed by atoms with E-state index in [2.05, 4.69) is 47.0 Å². The van der Waals surface area contributed by atoms with Crippen molar-refractivity contribution in [2.45, 2.75) is 43.3 Å².